The second-order valence-corrected chi connectivity index (χ2v) is 14.4. The third-order valence-electron chi connectivity index (χ3n) is 8.71. The van der Waals surface area contributed by atoms with Crippen molar-refractivity contribution in [1.29, 1.82) is 0 Å². The Morgan fingerprint density at radius 3 is 2.11 bits per heavy atom. The second kappa shape index (κ2) is 21.7. The van der Waals surface area contributed by atoms with E-state index in [1.54, 1.807) is 0 Å². The molecule has 2 aliphatic heterocycles. The summed E-state index contributed by atoms with van der Waals surface area (Å²) >= 11 is 1.91. The quantitative estimate of drug-likeness (QED) is 0.0741. The summed E-state index contributed by atoms with van der Waals surface area (Å²) in [6.45, 7) is 9.74. The number of anilines is 1. The summed E-state index contributed by atoms with van der Waals surface area (Å²) in [5, 5.41) is 5.44. The van der Waals surface area contributed by atoms with Gasteiger partial charge in [-0.15, -0.1) is 11.8 Å². The molecule has 3 rings (SSSR count). The summed E-state index contributed by atoms with van der Waals surface area (Å²) < 4.78 is 5.63. The Balaban J connectivity index is 1.27. The van der Waals surface area contributed by atoms with Gasteiger partial charge in [0.05, 0.1) is 16.4 Å². The number of carbonyl (C=O) groups is 1. The first-order valence-electron chi connectivity index (χ1n) is 18.0. The van der Waals surface area contributed by atoms with E-state index in [1.807, 2.05) is 18.8 Å². The number of esters is 1. The number of hydrogen-bond donors (Lipinski definition) is 1. The average Bonchev–Trinajstić information content (AvgIpc) is 3.31. The van der Waals surface area contributed by atoms with Crippen molar-refractivity contribution in [2.75, 3.05) is 38.7 Å². The molecular weight excluding hydrogens is 565 g/mol. The smallest absolute Gasteiger partial charge is 0.307 e. The Morgan fingerprint density at radius 1 is 0.864 bits per heavy atom. The summed E-state index contributed by atoms with van der Waals surface area (Å²) in [4.78, 5) is 22.1. The number of hydrogen-bond acceptors (Lipinski definition) is 7. The summed E-state index contributed by atoms with van der Waals surface area (Å²) in [6.07, 6.45) is 22.6. The van der Waals surface area contributed by atoms with Crippen molar-refractivity contribution in [3.8, 4) is 0 Å². The molecule has 2 aliphatic rings. The molecule has 0 radical (unpaired) electrons. The average molecular weight is 627 g/mol. The molecule has 0 amide bonds. The highest BCUT2D eigenvalue weighted by Crippen LogP contribution is 2.43. The molecule has 6 nitrogen and oxygen atoms in total. The predicted octanol–water partition coefficient (Wildman–Crippen LogP) is 10.3. The minimum Gasteiger partial charge on any atom is -0.449 e. The second-order valence-electron chi connectivity index (χ2n) is 12.9. The fraction of sp³-hybridized carbons (Fsp3) is 0.730. The third kappa shape index (κ3) is 13.6. The highest BCUT2D eigenvalue weighted by atomic mass is 32.2. The monoisotopic (exact) mass is 626 g/mol. The van der Waals surface area contributed by atoms with Crippen LogP contribution in [0.3, 0.4) is 0 Å². The normalized spacial score (nSPS) is 15.9. The highest BCUT2D eigenvalue weighted by molar-refractivity contribution is 8.04. The predicted molar refractivity (Wildman–Crippen MR) is 191 cm³/mol. The zero-order valence-electron chi connectivity index (χ0n) is 28.5. The lowest BCUT2D eigenvalue weighted by Gasteiger charge is -2.29. The number of aliphatic imine (C=N–C) groups is 1. The van der Waals surface area contributed by atoms with E-state index in [0.717, 1.165) is 62.5 Å². The van der Waals surface area contributed by atoms with E-state index in [4.69, 9.17) is 9.73 Å². The van der Waals surface area contributed by atoms with Crippen molar-refractivity contribution in [3.05, 3.63) is 34.9 Å². The van der Waals surface area contributed by atoms with Gasteiger partial charge in [-0.25, -0.2) is 4.99 Å². The number of benzene rings is 1. The maximum Gasteiger partial charge on any atom is 0.307 e. The van der Waals surface area contributed by atoms with Crippen molar-refractivity contribution in [1.82, 2.24) is 9.80 Å². The lowest BCUT2D eigenvalue weighted by atomic mass is 10.0. The van der Waals surface area contributed by atoms with Gasteiger partial charge in [0.2, 0.25) is 0 Å². The van der Waals surface area contributed by atoms with Gasteiger partial charge in [-0.1, -0.05) is 123 Å². The van der Waals surface area contributed by atoms with Gasteiger partial charge >= 0.3 is 5.97 Å². The molecule has 1 aromatic carbocycles. The number of likely N-dealkylation sites (N-methyl/N-ethyl adjacent to an activating group) is 1. The van der Waals surface area contributed by atoms with Gasteiger partial charge in [-0.2, -0.15) is 0 Å². The first kappa shape index (κ1) is 36.5. The molecule has 248 valence electrons. The van der Waals surface area contributed by atoms with E-state index >= 15 is 0 Å². The molecule has 1 aromatic rings. The Bertz CT molecular complexity index is 1030. The maximum absolute atomic E-state index is 12.4. The van der Waals surface area contributed by atoms with Crippen molar-refractivity contribution >= 4 is 34.9 Å². The van der Waals surface area contributed by atoms with Crippen LogP contribution < -0.4 is 5.32 Å². The van der Waals surface area contributed by atoms with Crippen LogP contribution in [0.1, 0.15) is 136 Å². The van der Waals surface area contributed by atoms with E-state index < -0.39 is 0 Å². The SMILES string of the molecule is CCCCCCCCCCCCCCCCCC(=O)OCN(C)CCN(CCC)C1=Nc2ccccc2NC2=C1CC(C)S2. The third-order valence-corrected chi connectivity index (χ3v) is 9.86. The summed E-state index contributed by atoms with van der Waals surface area (Å²) in [7, 11) is 2.04. The van der Waals surface area contributed by atoms with Gasteiger partial charge in [0.1, 0.15) is 12.6 Å². The Hall–Kier alpha value is -1.99. The number of fused-ring (bicyclic) bond motifs is 1. The number of para-hydroxylation sites is 2. The van der Waals surface area contributed by atoms with Crippen LogP contribution in [-0.2, 0) is 9.53 Å². The van der Waals surface area contributed by atoms with Crippen LogP contribution in [0.4, 0.5) is 11.4 Å². The van der Waals surface area contributed by atoms with Crippen LogP contribution in [0.5, 0.6) is 0 Å². The Labute approximate surface area is 273 Å². The van der Waals surface area contributed by atoms with Crippen molar-refractivity contribution in [3.63, 3.8) is 0 Å². The largest absolute Gasteiger partial charge is 0.449 e. The molecule has 0 aromatic heterocycles. The minimum atomic E-state index is -0.0699. The van der Waals surface area contributed by atoms with Crippen molar-refractivity contribution in [2.24, 2.45) is 4.99 Å². The lowest BCUT2D eigenvalue weighted by molar-refractivity contribution is -0.148. The molecule has 1 unspecified atom stereocenters. The summed E-state index contributed by atoms with van der Waals surface area (Å²) in [6, 6.07) is 8.32. The van der Waals surface area contributed by atoms with Gasteiger partial charge < -0.3 is 15.0 Å². The maximum atomic E-state index is 12.4. The number of amidine groups is 1. The number of thioether (sulfide) groups is 1. The number of carbonyl (C=O) groups excluding carboxylic acids is 1. The van der Waals surface area contributed by atoms with Gasteiger partial charge in [0, 0.05) is 36.9 Å². The molecule has 0 saturated carbocycles. The van der Waals surface area contributed by atoms with E-state index in [2.05, 4.69) is 60.2 Å². The van der Waals surface area contributed by atoms with Crippen LogP contribution in [0.25, 0.3) is 0 Å². The molecule has 0 aliphatic carbocycles. The van der Waals surface area contributed by atoms with Crippen molar-refractivity contribution < 1.29 is 9.53 Å². The van der Waals surface area contributed by atoms with E-state index in [0.29, 0.717) is 18.4 Å². The molecule has 1 atom stereocenters. The summed E-state index contributed by atoms with van der Waals surface area (Å²) in [5.74, 6) is 1.02. The van der Waals surface area contributed by atoms with Gasteiger partial charge in [0.15, 0.2) is 0 Å². The molecule has 2 heterocycles. The first-order valence-corrected chi connectivity index (χ1v) is 18.8. The molecule has 7 heteroatoms. The van der Waals surface area contributed by atoms with Gasteiger partial charge in [0.25, 0.3) is 0 Å². The Kier molecular flexibility index (Phi) is 18.0. The van der Waals surface area contributed by atoms with E-state index in [1.165, 1.54) is 94.1 Å². The van der Waals surface area contributed by atoms with E-state index in [9.17, 15) is 4.79 Å². The molecule has 0 fully saturated rings. The molecule has 0 saturated heterocycles. The van der Waals surface area contributed by atoms with Crippen molar-refractivity contribution in [2.45, 2.75) is 142 Å². The zero-order valence-corrected chi connectivity index (χ0v) is 29.3. The fourth-order valence-corrected chi connectivity index (χ4v) is 7.22. The van der Waals surface area contributed by atoms with Gasteiger partial charge in [-0.05, 0) is 38.4 Å². The molecular formula is C37H62N4O2S. The van der Waals surface area contributed by atoms with Crippen LogP contribution >= 0.6 is 11.8 Å². The van der Waals surface area contributed by atoms with E-state index in [-0.39, 0.29) is 5.97 Å². The summed E-state index contributed by atoms with van der Waals surface area (Å²) in [5.41, 5.74) is 3.39. The molecule has 1 N–H and O–H groups in total. The fourth-order valence-electron chi connectivity index (χ4n) is 6.08. The number of nitrogens with one attached hydrogen (secondary N) is 1. The number of nitrogens with zero attached hydrogens (tertiary/aromatic N) is 3. The van der Waals surface area contributed by atoms with Crippen LogP contribution in [-0.4, -0.2) is 60.3 Å². The lowest BCUT2D eigenvalue weighted by Crippen LogP contribution is -2.39. The van der Waals surface area contributed by atoms with Gasteiger partial charge in [-0.3, -0.25) is 9.69 Å². The highest BCUT2D eigenvalue weighted by Gasteiger charge is 2.30. The van der Waals surface area contributed by atoms with Crippen LogP contribution in [0.2, 0.25) is 0 Å². The zero-order chi connectivity index (χ0) is 31.4. The Morgan fingerprint density at radius 2 is 1.48 bits per heavy atom. The molecule has 0 spiro atoms. The van der Waals surface area contributed by atoms with Crippen LogP contribution in [0, 0.1) is 0 Å². The molecule has 44 heavy (non-hydrogen) atoms. The number of ether oxygens (including phenoxy) is 1. The minimum absolute atomic E-state index is 0.0699. The molecule has 0 bridgehead atoms. The number of rotatable bonds is 23. The first-order chi connectivity index (χ1) is 21.5. The standard InChI is InChI=1S/C37H62N4O2S/c1-5-7-8-9-10-11-12-13-14-15-16-17-18-19-20-25-35(42)43-30-40(4)27-28-41(26-6-2)36-32-29-31(3)44-37(32)39-34-24-22-21-23-33(34)38-36/h21-24,31,39H,5-20,25-30H2,1-4H3. The van der Waals surface area contributed by atoms with Crippen LogP contribution in [0.15, 0.2) is 39.9 Å². The topological polar surface area (TPSA) is 57.2 Å². The number of unbranched alkanes of at least 4 members (excludes halogenated alkanes) is 14.